The number of hydrogen-bond donors (Lipinski definition) is 0. The van der Waals surface area contributed by atoms with E-state index in [1.165, 1.54) is 16.6 Å². The van der Waals surface area contributed by atoms with Crippen LogP contribution in [0.2, 0.25) is 0 Å². The van der Waals surface area contributed by atoms with Gasteiger partial charge in [0.1, 0.15) is 5.82 Å². The van der Waals surface area contributed by atoms with Gasteiger partial charge >= 0.3 is 0 Å². The minimum absolute atomic E-state index is 0.189. The summed E-state index contributed by atoms with van der Waals surface area (Å²) in [6, 6.07) is 15.8. The topological polar surface area (TPSA) is 10.4 Å². The summed E-state index contributed by atoms with van der Waals surface area (Å²) in [6.45, 7) is 8.19. The Balaban J connectivity index is 1.48. The van der Waals surface area contributed by atoms with Crippen molar-refractivity contribution in [3.63, 3.8) is 0 Å². The molecule has 32 heavy (non-hydrogen) atoms. The number of nitrogens with zero attached hydrogens (tertiary/aromatic N) is 3. The molecule has 0 radical (unpaired) electrons. The number of rotatable bonds is 4. The van der Waals surface area contributed by atoms with E-state index in [9.17, 15) is 4.39 Å². The van der Waals surface area contributed by atoms with E-state index in [0.29, 0.717) is 5.69 Å². The molecule has 1 fully saturated rings. The van der Waals surface area contributed by atoms with Gasteiger partial charge in [0.25, 0.3) is 5.01 Å². The highest BCUT2D eigenvalue weighted by molar-refractivity contribution is 8.09. The number of likely N-dealkylation sites (N-methyl/N-ethyl adjacent to an activating group) is 1. The molecule has 5 rings (SSSR count). The molecular formula is C25H23FN3S3+. The number of benzene rings is 2. The Labute approximate surface area is 200 Å². The molecule has 2 aliphatic rings. The molecule has 3 heterocycles. The molecule has 0 unspecified atom stereocenters. The molecular weight excluding hydrogens is 457 g/mol. The molecule has 1 saturated heterocycles. The highest BCUT2D eigenvalue weighted by atomic mass is 32.2. The molecule has 0 bridgehead atoms. The summed E-state index contributed by atoms with van der Waals surface area (Å²) in [5, 5.41) is 5.50. The van der Waals surface area contributed by atoms with E-state index in [4.69, 9.17) is 0 Å². The monoisotopic (exact) mass is 480 g/mol. The van der Waals surface area contributed by atoms with Gasteiger partial charge in [-0.25, -0.2) is 4.39 Å². The molecule has 0 aliphatic carbocycles. The van der Waals surface area contributed by atoms with Crippen molar-refractivity contribution >= 4 is 46.6 Å². The average Bonchev–Trinajstić information content (AvgIpc) is 3.46. The summed E-state index contributed by atoms with van der Waals surface area (Å²) >= 11 is 5.06. The van der Waals surface area contributed by atoms with Crippen LogP contribution in [0.1, 0.15) is 17.5 Å². The van der Waals surface area contributed by atoms with E-state index in [0.717, 1.165) is 38.6 Å². The van der Waals surface area contributed by atoms with Gasteiger partial charge in [-0.1, -0.05) is 77.8 Å². The van der Waals surface area contributed by atoms with Crippen molar-refractivity contribution in [3.8, 4) is 0 Å². The maximum Gasteiger partial charge on any atom is 0.264 e. The van der Waals surface area contributed by atoms with Crippen LogP contribution >= 0.6 is 34.9 Å². The molecule has 0 atom stereocenters. The van der Waals surface area contributed by atoms with E-state index >= 15 is 0 Å². The smallest absolute Gasteiger partial charge is 0.264 e. The minimum Gasteiger partial charge on any atom is -0.335 e. The number of aromatic nitrogens is 1. The second-order valence-corrected chi connectivity index (χ2v) is 10.5. The van der Waals surface area contributed by atoms with Crippen LogP contribution in [-0.4, -0.2) is 18.5 Å². The minimum atomic E-state index is -0.189. The first kappa shape index (κ1) is 21.4. The molecule has 3 aromatic rings. The summed E-state index contributed by atoms with van der Waals surface area (Å²) < 4.78 is 16.7. The molecule has 0 spiro atoms. The SMILES string of the molecule is C=C1C(=C2Sc3cccc(F)c3N2C)SC(=Cc2scc[n+]2Cc2ccccc2)N1CC. The normalized spacial score (nSPS) is 19.3. The maximum atomic E-state index is 14.5. The number of hydrogen-bond acceptors (Lipinski definition) is 5. The zero-order chi connectivity index (χ0) is 22.2. The van der Waals surface area contributed by atoms with Gasteiger partial charge in [0.15, 0.2) is 12.7 Å². The van der Waals surface area contributed by atoms with Crippen molar-refractivity contribution in [2.45, 2.75) is 18.4 Å². The first-order chi connectivity index (χ1) is 15.6. The maximum absolute atomic E-state index is 14.5. The third-order valence-corrected chi connectivity index (χ3v) is 8.90. The van der Waals surface area contributed by atoms with E-state index in [2.05, 4.69) is 64.9 Å². The third kappa shape index (κ3) is 3.78. The number of thioether (sulfide) groups is 2. The number of anilines is 1. The van der Waals surface area contributed by atoms with Crippen LogP contribution in [-0.2, 0) is 6.54 Å². The Morgan fingerprint density at radius 2 is 1.91 bits per heavy atom. The second-order valence-electron chi connectivity index (χ2n) is 7.51. The molecule has 0 saturated carbocycles. The predicted molar refractivity (Wildman–Crippen MR) is 135 cm³/mol. The Morgan fingerprint density at radius 1 is 1.09 bits per heavy atom. The van der Waals surface area contributed by atoms with Crippen LogP contribution in [0.5, 0.6) is 0 Å². The number of para-hydroxylation sites is 1. The van der Waals surface area contributed by atoms with E-state index in [-0.39, 0.29) is 5.82 Å². The van der Waals surface area contributed by atoms with Gasteiger partial charge in [0.2, 0.25) is 0 Å². The van der Waals surface area contributed by atoms with Crippen molar-refractivity contribution in [2.75, 3.05) is 18.5 Å². The second kappa shape index (κ2) is 8.81. The molecule has 3 nitrogen and oxygen atoms in total. The van der Waals surface area contributed by atoms with Crippen molar-refractivity contribution in [2.24, 2.45) is 0 Å². The fourth-order valence-electron chi connectivity index (χ4n) is 3.92. The molecule has 0 amide bonds. The molecule has 7 heteroatoms. The lowest BCUT2D eigenvalue weighted by atomic mass is 10.2. The first-order valence-electron chi connectivity index (χ1n) is 10.4. The Kier molecular flexibility index (Phi) is 5.88. The van der Waals surface area contributed by atoms with Crippen LogP contribution in [0.15, 0.2) is 92.2 Å². The molecule has 2 aromatic carbocycles. The van der Waals surface area contributed by atoms with Gasteiger partial charge < -0.3 is 9.80 Å². The molecule has 162 valence electrons. The van der Waals surface area contributed by atoms with E-state index < -0.39 is 0 Å². The predicted octanol–water partition coefficient (Wildman–Crippen LogP) is 6.52. The molecule has 0 N–H and O–H groups in total. The lowest BCUT2D eigenvalue weighted by Gasteiger charge is -2.18. The fourth-order valence-corrected chi connectivity index (χ4v) is 7.34. The van der Waals surface area contributed by atoms with Crippen LogP contribution < -0.4 is 9.47 Å². The molecule has 1 aromatic heterocycles. The van der Waals surface area contributed by atoms with E-state index in [1.54, 1.807) is 40.9 Å². The molecule has 2 aliphatic heterocycles. The Bertz CT molecular complexity index is 1250. The van der Waals surface area contributed by atoms with Crippen molar-refractivity contribution in [1.29, 1.82) is 0 Å². The third-order valence-electron chi connectivity index (χ3n) is 5.52. The van der Waals surface area contributed by atoms with E-state index in [1.807, 2.05) is 24.1 Å². The van der Waals surface area contributed by atoms with Gasteiger partial charge in [0, 0.05) is 24.1 Å². The van der Waals surface area contributed by atoms with Crippen LogP contribution in [0, 0.1) is 5.82 Å². The summed E-state index contributed by atoms with van der Waals surface area (Å²) in [5.74, 6) is -0.189. The highest BCUT2D eigenvalue weighted by Gasteiger charge is 2.35. The Morgan fingerprint density at radius 3 is 2.66 bits per heavy atom. The zero-order valence-corrected chi connectivity index (χ0v) is 20.4. The Hall–Kier alpha value is -2.48. The van der Waals surface area contributed by atoms with Crippen molar-refractivity contribution < 1.29 is 8.96 Å². The average molecular weight is 481 g/mol. The number of thiazole rings is 1. The summed E-state index contributed by atoms with van der Waals surface area (Å²) in [7, 11) is 1.93. The lowest BCUT2D eigenvalue weighted by Crippen LogP contribution is -2.34. The zero-order valence-electron chi connectivity index (χ0n) is 17.9. The fraction of sp³-hybridized carbons (Fsp3) is 0.160. The summed E-state index contributed by atoms with van der Waals surface area (Å²) in [5.41, 5.74) is 2.89. The number of halogens is 1. The van der Waals surface area contributed by atoms with Gasteiger partial charge in [-0.05, 0) is 19.1 Å². The highest BCUT2D eigenvalue weighted by Crippen LogP contribution is 2.54. The van der Waals surface area contributed by atoms with Gasteiger partial charge in [-0.3, -0.25) is 0 Å². The van der Waals surface area contributed by atoms with Gasteiger partial charge in [0.05, 0.1) is 37.8 Å². The largest absolute Gasteiger partial charge is 0.335 e. The summed E-state index contributed by atoms with van der Waals surface area (Å²) in [6.07, 6.45) is 4.38. The van der Waals surface area contributed by atoms with Crippen LogP contribution in [0.4, 0.5) is 10.1 Å². The number of fused-ring (bicyclic) bond motifs is 1. The van der Waals surface area contributed by atoms with Crippen LogP contribution in [0.25, 0.3) is 6.08 Å². The van der Waals surface area contributed by atoms with Crippen molar-refractivity contribution in [1.82, 2.24) is 4.90 Å². The van der Waals surface area contributed by atoms with Gasteiger partial charge in [-0.2, -0.15) is 4.57 Å². The first-order valence-corrected chi connectivity index (χ1v) is 12.9. The quantitative estimate of drug-likeness (QED) is 0.394. The standard InChI is InChI=1S/C25H23FN3S3/c1-4-29-17(2)24(25-27(3)23-19(26)11-8-12-20(23)31-25)32-22(29)15-21-28(13-14-30-21)16-18-9-6-5-7-10-18/h5-15H,2,4,16H2,1,3H3/q+1. The van der Waals surface area contributed by atoms with Gasteiger partial charge in [-0.15, -0.1) is 0 Å². The van der Waals surface area contributed by atoms with Crippen LogP contribution in [0.3, 0.4) is 0 Å². The van der Waals surface area contributed by atoms with Crippen molar-refractivity contribution in [3.05, 3.63) is 104 Å². The summed E-state index contributed by atoms with van der Waals surface area (Å²) in [4.78, 5) is 6.24. The lowest BCUT2D eigenvalue weighted by molar-refractivity contribution is -0.685.